The van der Waals surface area contributed by atoms with Gasteiger partial charge in [0, 0.05) is 23.7 Å². The molecule has 4 N–H and O–H groups in total. The van der Waals surface area contributed by atoms with E-state index < -0.39 is 0 Å². The summed E-state index contributed by atoms with van der Waals surface area (Å²) in [6.45, 7) is 40.0. The van der Waals surface area contributed by atoms with E-state index in [9.17, 15) is 0 Å². The van der Waals surface area contributed by atoms with Gasteiger partial charge in [-0.1, -0.05) is 125 Å². The van der Waals surface area contributed by atoms with Crippen LogP contribution < -0.4 is 19.6 Å². The van der Waals surface area contributed by atoms with Gasteiger partial charge in [0.2, 0.25) is 6.17 Å². The Morgan fingerprint density at radius 1 is 0.442 bits per heavy atom. The molecule has 4 unspecified atom stereocenters. The Morgan fingerprint density at radius 2 is 0.731 bits per heavy atom. The van der Waals surface area contributed by atoms with Gasteiger partial charge in [0.25, 0.3) is 0 Å². The first kappa shape index (κ1) is 48.8. The summed E-state index contributed by atoms with van der Waals surface area (Å²) in [7, 11) is 0. The first-order chi connectivity index (χ1) is 25.5. The van der Waals surface area contributed by atoms with Crippen molar-refractivity contribution in [3.05, 3.63) is 50.6 Å². The second kappa shape index (κ2) is 33.2. The molecule has 0 aromatic heterocycles. The molecule has 2 rings (SSSR count). The van der Waals surface area contributed by atoms with Gasteiger partial charge in [-0.05, 0) is 82.1 Å². The van der Waals surface area contributed by atoms with E-state index >= 15 is 0 Å². The molecule has 52 heavy (non-hydrogen) atoms. The Balaban J connectivity index is 0.000000528. The van der Waals surface area contributed by atoms with E-state index in [1.807, 2.05) is 34.1 Å². The fraction of sp³-hybridized carbons (Fsp3) is 0.833. The zero-order valence-corrected chi connectivity index (χ0v) is 36.2. The summed E-state index contributed by atoms with van der Waals surface area (Å²) in [4.78, 5) is 7.16. The molecule has 0 amide bonds. The van der Waals surface area contributed by atoms with Crippen molar-refractivity contribution in [3.63, 3.8) is 0 Å². The highest BCUT2D eigenvalue weighted by molar-refractivity contribution is 4.75. The van der Waals surface area contributed by atoms with Gasteiger partial charge in [0.1, 0.15) is 0 Å². The van der Waals surface area contributed by atoms with Gasteiger partial charge in [0.05, 0.1) is 71.9 Å². The van der Waals surface area contributed by atoms with Crippen molar-refractivity contribution in [3.8, 4) is 0 Å². The Labute approximate surface area is 327 Å². The van der Waals surface area contributed by atoms with Crippen LogP contribution in [0.25, 0.3) is 0 Å². The lowest BCUT2D eigenvalue weighted by Crippen LogP contribution is -3.35. The second-order valence-corrected chi connectivity index (χ2v) is 17.1. The molecule has 304 valence electrons. The van der Waals surface area contributed by atoms with Crippen molar-refractivity contribution in [2.24, 2.45) is 23.7 Å². The third-order valence-electron chi connectivity index (χ3n) is 13.2. The molecular weight excluding hydrogens is 633 g/mol. The van der Waals surface area contributed by atoms with Gasteiger partial charge >= 0.3 is 0 Å². The molecule has 0 aromatic carbocycles. The summed E-state index contributed by atoms with van der Waals surface area (Å²) >= 11 is 0. The second-order valence-electron chi connectivity index (χ2n) is 17.1. The number of unbranched alkanes of at least 4 members (excludes halogenated alkanes) is 13. The van der Waals surface area contributed by atoms with Crippen LogP contribution in [0, 0.1) is 23.7 Å². The van der Waals surface area contributed by atoms with Crippen LogP contribution in [0.15, 0.2) is 50.6 Å². The Bertz CT molecular complexity index is 751. The third-order valence-corrected chi connectivity index (χ3v) is 13.2. The van der Waals surface area contributed by atoms with Gasteiger partial charge < -0.3 is 9.80 Å². The van der Waals surface area contributed by atoms with Crippen molar-refractivity contribution in [2.45, 2.75) is 169 Å². The SMILES string of the molecule is C=CC[NH+](CC=C)CCCCCCCCCC[NH+](CC=C)CC=C.CCCCCCCCCC([NH+]1CC(CC)C(CC)C1)[NH+]1CC(CC)C(CC)C1. The number of likely N-dealkylation sites (tertiary alicyclic amines) is 2. The predicted molar refractivity (Wildman–Crippen MR) is 232 cm³/mol. The molecule has 0 spiro atoms. The smallest absolute Gasteiger partial charge is 0.213 e. The van der Waals surface area contributed by atoms with E-state index in [1.165, 1.54) is 168 Å². The summed E-state index contributed by atoms with van der Waals surface area (Å²) in [6.07, 6.45) is 37.2. The summed E-state index contributed by atoms with van der Waals surface area (Å²) in [6, 6.07) is 0. The molecule has 0 bridgehead atoms. The minimum Gasteiger partial charge on any atom is -0.328 e. The van der Waals surface area contributed by atoms with Gasteiger partial charge in [-0.25, -0.2) is 0 Å². The topological polar surface area (TPSA) is 17.8 Å². The molecule has 2 aliphatic heterocycles. The van der Waals surface area contributed by atoms with Crippen LogP contribution in [0.4, 0.5) is 0 Å². The lowest BCUT2D eigenvalue weighted by molar-refractivity contribution is -1.11. The lowest BCUT2D eigenvalue weighted by atomic mass is 9.92. The predicted octanol–water partition coefficient (Wildman–Crippen LogP) is 6.98. The average molecular weight is 729 g/mol. The minimum absolute atomic E-state index is 0.895. The van der Waals surface area contributed by atoms with Crippen molar-refractivity contribution in [1.82, 2.24) is 0 Å². The van der Waals surface area contributed by atoms with Crippen molar-refractivity contribution >= 4 is 0 Å². The van der Waals surface area contributed by atoms with E-state index in [0.29, 0.717) is 0 Å². The van der Waals surface area contributed by atoms with E-state index in [4.69, 9.17) is 0 Å². The number of quaternary nitrogens is 4. The Kier molecular flexibility index (Phi) is 31.1. The highest BCUT2D eigenvalue weighted by Crippen LogP contribution is 2.23. The van der Waals surface area contributed by atoms with E-state index in [2.05, 4.69) is 60.9 Å². The molecule has 2 fully saturated rings. The van der Waals surface area contributed by atoms with E-state index in [1.54, 1.807) is 9.80 Å². The monoisotopic (exact) mass is 729 g/mol. The first-order valence-electron chi connectivity index (χ1n) is 23.3. The molecule has 0 aromatic rings. The number of hydrogen-bond acceptors (Lipinski definition) is 0. The van der Waals surface area contributed by atoms with Crippen LogP contribution in [0.1, 0.15) is 163 Å². The number of rotatable bonds is 33. The molecule has 4 atom stereocenters. The largest absolute Gasteiger partial charge is 0.328 e. The maximum atomic E-state index is 3.84. The normalized spacial score (nSPS) is 23.4. The standard InChI is InChI=1S/C26H52N2.C22H40N2/c1-6-11-12-13-14-15-16-17-26(27-18-22(7-2)23(8-3)19-27)28-20-24(9-4)25(10-5)21-28;1-5-17-23(18-6-2)21-15-13-11-9-10-12-14-16-22-24(19-7-3)20-8-4/h22-26H,6-21H2,1-5H3;5-8H,1-4,9-22H2/p+4. The van der Waals surface area contributed by atoms with Gasteiger partial charge in [-0.2, -0.15) is 0 Å². The zero-order valence-electron chi connectivity index (χ0n) is 36.2. The molecule has 4 nitrogen and oxygen atoms in total. The fourth-order valence-corrected chi connectivity index (χ4v) is 9.86. The lowest BCUT2D eigenvalue weighted by Gasteiger charge is -2.30. The fourth-order valence-electron chi connectivity index (χ4n) is 9.86. The molecule has 0 saturated carbocycles. The summed E-state index contributed by atoms with van der Waals surface area (Å²) in [5.41, 5.74) is 0. The van der Waals surface area contributed by atoms with Gasteiger partial charge in [0.15, 0.2) is 0 Å². The summed E-state index contributed by atoms with van der Waals surface area (Å²) in [5.74, 6) is 3.95. The van der Waals surface area contributed by atoms with E-state index in [0.717, 1.165) is 56.0 Å². The number of hydrogen-bond donors (Lipinski definition) is 4. The zero-order chi connectivity index (χ0) is 38.2. The first-order valence-corrected chi connectivity index (χ1v) is 23.3. The molecule has 0 radical (unpaired) electrons. The maximum absolute atomic E-state index is 3.84. The van der Waals surface area contributed by atoms with Gasteiger partial charge in [-0.3, -0.25) is 9.80 Å². The maximum Gasteiger partial charge on any atom is 0.213 e. The highest BCUT2D eigenvalue weighted by atomic mass is 15.4. The van der Waals surface area contributed by atoms with Crippen molar-refractivity contribution in [2.75, 3.05) is 65.4 Å². The van der Waals surface area contributed by atoms with Crippen LogP contribution in [-0.4, -0.2) is 71.6 Å². The van der Waals surface area contributed by atoms with Crippen LogP contribution in [0.2, 0.25) is 0 Å². The van der Waals surface area contributed by atoms with Crippen LogP contribution in [0.5, 0.6) is 0 Å². The Hall–Kier alpha value is -1.20. The van der Waals surface area contributed by atoms with Crippen LogP contribution in [0.3, 0.4) is 0 Å². The minimum atomic E-state index is 0.895. The summed E-state index contributed by atoms with van der Waals surface area (Å²) < 4.78 is 0. The Morgan fingerprint density at radius 3 is 1.02 bits per heavy atom. The van der Waals surface area contributed by atoms with Gasteiger partial charge in [-0.15, -0.1) is 0 Å². The van der Waals surface area contributed by atoms with Crippen LogP contribution >= 0.6 is 0 Å². The highest BCUT2D eigenvalue weighted by Gasteiger charge is 2.45. The number of nitrogens with one attached hydrogen (secondary N) is 4. The molecular formula is C48H96N4+4. The van der Waals surface area contributed by atoms with Crippen LogP contribution in [-0.2, 0) is 0 Å². The molecule has 2 heterocycles. The average Bonchev–Trinajstić information content (AvgIpc) is 3.78. The molecule has 2 saturated heterocycles. The van der Waals surface area contributed by atoms with Crippen molar-refractivity contribution < 1.29 is 19.6 Å². The molecule has 4 heteroatoms. The molecule has 0 aliphatic carbocycles. The third kappa shape index (κ3) is 21.0. The quantitative estimate of drug-likeness (QED) is 0.0413. The summed E-state index contributed by atoms with van der Waals surface area (Å²) in [5, 5.41) is 0. The van der Waals surface area contributed by atoms with E-state index in [-0.39, 0.29) is 0 Å². The van der Waals surface area contributed by atoms with Crippen molar-refractivity contribution in [1.29, 1.82) is 0 Å². The molecule has 2 aliphatic rings.